The molecular weight excluding hydrogens is 124 g/mol. The van der Waals surface area contributed by atoms with Crippen molar-refractivity contribution in [3.05, 3.63) is 0 Å². The second-order valence-electron chi connectivity index (χ2n) is 4.23. The summed E-state index contributed by atoms with van der Waals surface area (Å²) >= 11 is 0. The quantitative estimate of drug-likeness (QED) is 0.505. The molecule has 0 aromatic heterocycles. The van der Waals surface area contributed by atoms with Gasteiger partial charge in [-0.1, -0.05) is 13.8 Å². The fourth-order valence-electron chi connectivity index (χ4n) is 1.56. The van der Waals surface area contributed by atoms with Crippen LogP contribution in [0.4, 0.5) is 0 Å². The lowest BCUT2D eigenvalue weighted by molar-refractivity contribution is -0.0944. The highest BCUT2D eigenvalue weighted by atomic mass is 16.5. The predicted octanol–water partition coefficient (Wildman–Crippen LogP) is 2.46. The Morgan fingerprint density at radius 3 is 2.20 bits per heavy atom. The molecule has 1 aliphatic heterocycles. The lowest BCUT2D eigenvalue weighted by Crippen LogP contribution is -2.37. The highest BCUT2D eigenvalue weighted by Crippen LogP contribution is 2.31. The summed E-state index contributed by atoms with van der Waals surface area (Å²) in [5.74, 6) is 1.57. The molecule has 1 rings (SSSR count). The zero-order valence-corrected chi connectivity index (χ0v) is 7.48. The van der Waals surface area contributed by atoms with Crippen molar-refractivity contribution < 1.29 is 4.74 Å². The van der Waals surface area contributed by atoms with Crippen LogP contribution in [0.1, 0.15) is 34.1 Å². The van der Waals surface area contributed by atoms with Crippen molar-refractivity contribution in [1.29, 1.82) is 0 Å². The van der Waals surface area contributed by atoms with Crippen LogP contribution in [0, 0.1) is 11.8 Å². The van der Waals surface area contributed by atoms with E-state index in [4.69, 9.17) is 4.74 Å². The minimum Gasteiger partial charge on any atom is -0.375 e. The third-order valence-corrected chi connectivity index (χ3v) is 2.52. The van der Waals surface area contributed by atoms with Gasteiger partial charge >= 0.3 is 0 Å². The van der Waals surface area contributed by atoms with Crippen molar-refractivity contribution in [2.24, 2.45) is 11.8 Å². The van der Waals surface area contributed by atoms with Gasteiger partial charge in [0.15, 0.2) is 0 Å². The Bertz CT molecular complexity index is 118. The van der Waals surface area contributed by atoms with Crippen molar-refractivity contribution in [2.75, 3.05) is 6.61 Å². The predicted molar refractivity (Wildman–Crippen MR) is 43.0 cm³/mol. The summed E-state index contributed by atoms with van der Waals surface area (Å²) in [6.07, 6.45) is 1.20. The van der Waals surface area contributed by atoms with Gasteiger partial charge in [-0.25, -0.2) is 0 Å². The number of hydrogen-bond acceptors (Lipinski definition) is 1. The SMILES string of the molecule is C[C@@H]1COC(C)(C)C[C@H]1C. The fraction of sp³-hybridized carbons (Fsp3) is 1.00. The summed E-state index contributed by atoms with van der Waals surface area (Å²) in [5.41, 5.74) is 0.131. The topological polar surface area (TPSA) is 9.23 Å². The van der Waals surface area contributed by atoms with Crippen LogP contribution in [-0.2, 0) is 4.74 Å². The third-order valence-electron chi connectivity index (χ3n) is 2.52. The summed E-state index contributed by atoms with van der Waals surface area (Å²) in [6.45, 7) is 9.87. The first-order chi connectivity index (χ1) is 4.51. The van der Waals surface area contributed by atoms with E-state index in [9.17, 15) is 0 Å². The highest BCUT2D eigenvalue weighted by Gasteiger charge is 2.30. The maximum atomic E-state index is 5.65. The first-order valence-corrected chi connectivity index (χ1v) is 4.15. The van der Waals surface area contributed by atoms with E-state index in [1.54, 1.807) is 0 Å². The van der Waals surface area contributed by atoms with Crippen molar-refractivity contribution in [1.82, 2.24) is 0 Å². The molecule has 1 nitrogen and oxygen atoms in total. The zero-order valence-electron chi connectivity index (χ0n) is 7.48. The van der Waals surface area contributed by atoms with E-state index in [1.807, 2.05) is 0 Å². The van der Waals surface area contributed by atoms with Gasteiger partial charge in [0, 0.05) is 0 Å². The van der Waals surface area contributed by atoms with E-state index in [0.29, 0.717) is 0 Å². The van der Waals surface area contributed by atoms with E-state index >= 15 is 0 Å². The molecule has 10 heavy (non-hydrogen) atoms. The Morgan fingerprint density at radius 2 is 1.80 bits per heavy atom. The Hall–Kier alpha value is -0.0400. The summed E-state index contributed by atoms with van der Waals surface area (Å²) in [4.78, 5) is 0. The van der Waals surface area contributed by atoms with Crippen molar-refractivity contribution >= 4 is 0 Å². The molecule has 1 heteroatoms. The molecule has 0 spiro atoms. The van der Waals surface area contributed by atoms with Gasteiger partial charge < -0.3 is 4.74 Å². The van der Waals surface area contributed by atoms with Crippen LogP contribution in [0.3, 0.4) is 0 Å². The average molecular weight is 142 g/mol. The molecule has 0 radical (unpaired) electrons. The number of ether oxygens (including phenoxy) is 1. The standard InChI is InChI=1S/C9H18O/c1-7-5-9(3,4)10-6-8(7)2/h7-8H,5-6H2,1-4H3/t7-,8-/m1/s1. The van der Waals surface area contributed by atoms with Crippen LogP contribution in [0.15, 0.2) is 0 Å². The number of hydrogen-bond donors (Lipinski definition) is 0. The number of rotatable bonds is 0. The fourth-order valence-corrected chi connectivity index (χ4v) is 1.56. The smallest absolute Gasteiger partial charge is 0.0629 e. The van der Waals surface area contributed by atoms with Crippen LogP contribution in [0.2, 0.25) is 0 Å². The van der Waals surface area contributed by atoms with Crippen molar-refractivity contribution in [2.45, 2.75) is 39.7 Å². The zero-order chi connectivity index (χ0) is 7.78. The second kappa shape index (κ2) is 2.54. The van der Waals surface area contributed by atoms with Crippen LogP contribution < -0.4 is 0 Å². The molecule has 0 saturated carbocycles. The Labute approximate surface area is 63.8 Å². The van der Waals surface area contributed by atoms with E-state index in [2.05, 4.69) is 27.7 Å². The van der Waals surface area contributed by atoms with Crippen molar-refractivity contribution in [3.8, 4) is 0 Å². The molecule has 60 valence electrons. The summed E-state index contributed by atoms with van der Waals surface area (Å²) in [7, 11) is 0. The lowest BCUT2D eigenvalue weighted by Gasteiger charge is -2.37. The molecule has 2 atom stereocenters. The Kier molecular flexibility index (Phi) is 2.04. The van der Waals surface area contributed by atoms with Gasteiger partial charge in [-0.15, -0.1) is 0 Å². The highest BCUT2D eigenvalue weighted by molar-refractivity contribution is 4.79. The molecule has 0 aromatic carbocycles. The molecular formula is C9H18O. The largest absolute Gasteiger partial charge is 0.375 e. The summed E-state index contributed by atoms with van der Waals surface area (Å²) < 4.78 is 5.65. The van der Waals surface area contributed by atoms with Gasteiger partial charge in [0.2, 0.25) is 0 Å². The lowest BCUT2D eigenvalue weighted by atomic mass is 9.83. The summed E-state index contributed by atoms with van der Waals surface area (Å²) in [5, 5.41) is 0. The molecule has 0 N–H and O–H groups in total. The van der Waals surface area contributed by atoms with Crippen LogP contribution >= 0.6 is 0 Å². The van der Waals surface area contributed by atoms with Gasteiger partial charge in [0.05, 0.1) is 12.2 Å². The van der Waals surface area contributed by atoms with Gasteiger partial charge in [-0.05, 0) is 32.1 Å². The molecule has 1 saturated heterocycles. The first-order valence-electron chi connectivity index (χ1n) is 4.15. The van der Waals surface area contributed by atoms with Gasteiger partial charge in [-0.3, -0.25) is 0 Å². The molecule has 0 aromatic rings. The van der Waals surface area contributed by atoms with Gasteiger partial charge in [-0.2, -0.15) is 0 Å². The maximum absolute atomic E-state index is 5.65. The van der Waals surface area contributed by atoms with E-state index < -0.39 is 0 Å². The molecule has 0 aliphatic carbocycles. The van der Waals surface area contributed by atoms with Gasteiger partial charge in [0.25, 0.3) is 0 Å². The molecule has 1 aliphatic rings. The summed E-state index contributed by atoms with van der Waals surface area (Å²) in [6, 6.07) is 0. The van der Waals surface area contributed by atoms with Crippen LogP contribution in [-0.4, -0.2) is 12.2 Å². The second-order valence-corrected chi connectivity index (χ2v) is 4.23. The minimum atomic E-state index is 0.131. The minimum absolute atomic E-state index is 0.131. The normalized spacial score (nSPS) is 39.6. The van der Waals surface area contributed by atoms with Gasteiger partial charge in [0.1, 0.15) is 0 Å². The molecule has 0 unspecified atom stereocenters. The Balaban J connectivity index is 2.49. The van der Waals surface area contributed by atoms with Crippen LogP contribution in [0.5, 0.6) is 0 Å². The molecule has 1 heterocycles. The average Bonchev–Trinajstić information content (AvgIpc) is 1.79. The van der Waals surface area contributed by atoms with Crippen molar-refractivity contribution in [3.63, 3.8) is 0 Å². The monoisotopic (exact) mass is 142 g/mol. The molecule has 1 fully saturated rings. The Morgan fingerprint density at radius 1 is 1.20 bits per heavy atom. The van der Waals surface area contributed by atoms with E-state index in [0.717, 1.165) is 18.4 Å². The third kappa shape index (κ3) is 1.72. The maximum Gasteiger partial charge on any atom is 0.0629 e. The first kappa shape index (κ1) is 8.06. The molecule has 0 bridgehead atoms. The van der Waals surface area contributed by atoms with E-state index in [-0.39, 0.29) is 5.60 Å². The molecule has 0 amide bonds. The van der Waals surface area contributed by atoms with Crippen LogP contribution in [0.25, 0.3) is 0 Å². The van der Waals surface area contributed by atoms with E-state index in [1.165, 1.54) is 6.42 Å².